The standard InChI is InChI=1S/C93H100BN/c1-86(2,3)60-34-39-63(40-35-60)95(64-41-36-61(37-42-64)87(4,5)6)65-53-73-82(59-33-45-76-77(50-59)90(12,13)47-46-89(76,10)11)72-55-78-79(92(16,17)49-48-91(78,14)15)56-81(72)94-80-51-58(66-29-25-30-69-67-28-23-24-31-75(67)93(18,19)84(66)69)32-43-70(80)83(74(54-65)85(73)94)68-44-38-62(88(7,8)9)52-71(68)57-26-21-20-22-27-57/h20-45,50-56,82-83H,46-49H2,1-19H3. The third kappa shape index (κ3) is 10.2. The predicted molar refractivity (Wildman–Crippen MR) is 409 cm³/mol. The minimum absolute atomic E-state index is 0.00774. The Morgan fingerprint density at radius 2 is 0.821 bits per heavy atom. The van der Waals surface area contributed by atoms with Crippen molar-refractivity contribution in [3.63, 3.8) is 0 Å². The Kier molecular flexibility index (Phi) is 14.3. The van der Waals surface area contributed by atoms with Crippen LogP contribution in [0.1, 0.15) is 253 Å². The average molecular weight is 1240 g/mol. The molecule has 0 fully saturated rings. The first-order valence-electron chi connectivity index (χ1n) is 35.8. The van der Waals surface area contributed by atoms with Crippen molar-refractivity contribution in [2.75, 3.05) is 4.90 Å². The quantitative estimate of drug-likeness (QED) is 0.144. The van der Waals surface area contributed by atoms with Crippen LogP contribution in [-0.4, -0.2) is 6.71 Å². The van der Waals surface area contributed by atoms with E-state index in [0.717, 1.165) is 30.6 Å². The molecule has 0 saturated heterocycles. The lowest BCUT2D eigenvalue weighted by molar-refractivity contribution is 0.331. The van der Waals surface area contributed by atoms with Crippen molar-refractivity contribution in [1.82, 2.24) is 0 Å². The van der Waals surface area contributed by atoms with Gasteiger partial charge < -0.3 is 4.90 Å². The summed E-state index contributed by atoms with van der Waals surface area (Å²) in [4.78, 5) is 2.61. The molecular weight excluding hydrogens is 1140 g/mol. The Labute approximate surface area is 571 Å². The van der Waals surface area contributed by atoms with E-state index < -0.39 is 0 Å². The molecule has 480 valence electrons. The van der Waals surface area contributed by atoms with E-state index in [4.69, 9.17) is 0 Å². The maximum absolute atomic E-state index is 2.79. The van der Waals surface area contributed by atoms with Crippen LogP contribution in [-0.2, 0) is 43.3 Å². The molecule has 2 aliphatic heterocycles. The molecule has 5 aliphatic rings. The van der Waals surface area contributed by atoms with Gasteiger partial charge in [0.15, 0.2) is 0 Å². The lowest BCUT2D eigenvalue weighted by atomic mass is 9.28. The van der Waals surface area contributed by atoms with Crippen LogP contribution in [0.25, 0.3) is 33.4 Å². The molecule has 2 heteroatoms. The second kappa shape index (κ2) is 21.5. The first-order chi connectivity index (χ1) is 44.7. The minimum Gasteiger partial charge on any atom is -0.310 e. The monoisotopic (exact) mass is 1240 g/mol. The summed E-state index contributed by atoms with van der Waals surface area (Å²) in [7, 11) is 0. The normalized spacial score (nSPS) is 18.9. The van der Waals surface area contributed by atoms with Crippen molar-refractivity contribution < 1.29 is 0 Å². The third-order valence-corrected chi connectivity index (χ3v) is 24.2. The van der Waals surface area contributed by atoms with Gasteiger partial charge in [-0.15, -0.1) is 0 Å². The van der Waals surface area contributed by atoms with E-state index in [0.29, 0.717) is 0 Å². The molecule has 15 rings (SSSR count). The van der Waals surface area contributed by atoms with Gasteiger partial charge >= 0.3 is 0 Å². The maximum Gasteiger partial charge on any atom is 0.242 e. The van der Waals surface area contributed by atoms with E-state index in [1.54, 1.807) is 0 Å². The summed E-state index contributed by atoms with van der Waals surface area (Å²) in [6, 6.07) is 81.0. The van der Waals surface area contributed by atoms with Gasteiger partial charge in [0.25, 0.3) is 0 Å². The van der Waals surface area contributed by atoms with Crippen molar-refractivity contribution in [3.05, 3.63) is 284 Å². The van der Waals surface area contributed by atoms with Gasteiger partial charge in [-0.1, -0.05) is 312 Å². The zero-order valence-corrected chi connectivity index (χ0v) is 60.6. The molecule has 2 atom stereocenters. The molecule has 10 aromatic rings. The highest BCUT2D eigenvalue weighted by molar-refractivity contribution is 6.97. The first kappa shape index (κ1) is 63.1. The molecule has 0 N–H and O–H groups in total. The van der Waals surface area contributed by atoms with Gasteiger partial charge in [-0.2, -0.15) is 0 Å². The lowest BCUT2D eigenvalue weighted by Gasteiger charge is -2.47. The van der Waals surface area contributed by atoms with E-state index in [1.165, 1.54) is 145 Å². The summed E-state index contributed by atoms with van der Waals surface area (Å²) in [6.07, 6.45) is 4.63. The van der Waals surface area contributed by atoms with Crippen LogP contribution in [0.4, 0.5) is 17.1 Å². The molecule has 0 saturated carbocycles. The Bertz CT molecular complexity index is 4670. The second-order valence-corrected chi connectivity index (χ2v) is 35.8. The van der Waals surface area contributed by atoms with Crippen LogP contribution >= 0.6 is 0 Å². The van der Waals surface area contributed by atoms with Crippen LogP contribution in [0.15, 0.2) is 200 Å². The van der Waals surface area contributed by atoms with Crippen molar-refractivity contribution >= 4 is 40.2 Å². The van der Waals surface area contributed by atoms with Crippen molar-refractivity contribution in [2.45, 2.75) is 212 Å². The zero-order valence-electron chi connectivity index (χ0n) is 60.6. The van der Waals surface area contributed by atoms with Crippen molar-refractivity contribution in [1.29, 1.82) is 0 Å². The van der Waals surface area contributed by atoms with Gasteiger partial charge in [0.2, 0.25) is 6.71 Å². The van der Waals surface area contributed by atoms with Gasteiger partial charge in [0, 0.05) is 34.3 Å². The summed E-state index contributed by atoms with van der Waals surface area (Å²) < 4.78 is 0. The maximum atomic E-state index is 2.79. The molecule has 2 heterocycles. The van der Waals surface area contributed by atoms with E-state index in [-0.39, 0.29) is 61.9 Å². The molecule has 0 bridgehead atoms. The number of benzene rings is 10. The summed E-state index contributed by atoms with van der Waals surface area (Å²) >= 11 is 0. The summed E-state index contributed by atoms with van der Waals surface area (Å²) in [6.45, 7) is 46.1. The largest absolute Gasteiger partial charge is 0.310 e. The molecule has 10 aromatic carbocycles. The Morgan fingerprint density at radius 1 is 0.326 bits per heavy atom. The van der Waals surface area contributed by atoms with Gasteiger partial charge in [-0.25, -0.2) is 0 Å². The molecule has 1 nitrogen and oxygen atoms in total. The molecule has 3 aliphatic carbocycles. The predicted octanol–water partition coefficient (Wildman–Crippen LogP) is 22.9. The number of fused-ring (bicyclic) bond motifs is 9. The van der Waals surface area contributed by atoms with Crippen LogP contribution in [0.2, 0.25) is 0 Å². The Hall–Kier alpha value is -7.94. The Morgan fingerprint density at radius 3 is 1.42 bits per heavy atom. The molecule has 0 spiro atoms. The molecule has 0 radical (unpaired) electrons. The van der Waals surface area contributed by atoms with Gasteiger partial charge in [-0.3, -0.25) is 0 Å². The fourth-order valence-electron chi connectivity index (χ4n) is 18.2. The number of hydrogen-bond donors (Lipinski definition) is 0. The van der Waals surface area contributed by atoms with Crippen molar-refractivity contribution in [2.24, 2.45) is 0 Å². The van der Waals surface area contributed by atoms with E-state index in [9.17, 15) is 0 Å². The molecule has 2 unspecified atom stereocenters. The fourth-order valence-corrected chi connectivity index (χ4v) is 18.2. The SMILES string of the molecule is CC(C)(C)c1ccc(N(c2ccc(C(C)(C)C)cc2)c2cc3c4c(c2)C(c2ccc(C(C)(C)C)cc2-c2ccccc2)c2ccc(-c5cccc6c5C(C)(C)c5ccccc5-6)cc2B4c2cc4c(cc2C3c2ccc3c(c2)C(C)(C)CCC3(C)C)C(C)(C)CCC4(C)C)cc1. The number of anilines is 3. The van der Waals surface area contributed by atoms with E-state index in [1.807, 2.05) is 0 Å². The smallest absolute Gasteiger partial charge is 0.242 e. The molecule has 0 amide bonds. The van der Waals surface area contributed by atoms with Crippen LogP contribution in [0.5, 0.6) is 0 Å². The average Bonchev–Trinajstić information content (AvgIpc) is 1.14. The molecular formula is C93H100BN. The van der Waals surface area contributed by atoms with Crippen LogP contribution in [0.3, 0.4) is 0 Å². The minimum atomic E-state index is -0.191. The summed E-state index contributed by atoms with van der Waals surface area (Å²) in [5.41, 5.74) is 36.8. The molecule has 0 aromatic heterocycles. The lowest BCUT2D eigenvalue weighted by Crippen LogP contribution is -2.63. The fraction of sp³-hybridized carbons (Fsp3) is 0.355. The summed E-state index contributed by atoms with van der Waals surface area (Å²) in [5, 5.41) is 0. The van der Waals surface area contributed by atoms with Crippen molar-refractivity contribution in [3.8, 4) is 33.4 Å². The molecule has 95 heavy (non-hydrogen) atoms. The van der Waals surface area contributed by atoms with Crippen LogP contribution in [0, 0.1) is 0 Å². The highest BCUT2D eigenvalue weighted by Gasteiger charge is 2.49. The van der Waals surface area contributed by atoms with E-state index in [2.05, 4.69) is 337 Å². The number of rotatable bonds is 7. The van der Waals surface area contributed by atoms with Gasteiger partial charge in [0.05, 0.1) is 0 Å². The van der Waals surface area contributed by atoms with E-state index >= 15 is 0 Å². The Balaban J connectivity index is 1.11. The highest BCUT2D eigenvalue weighted by atomic mass is 15.1. The first-order valence-corrected chi connectivity index (χ1v) is 35.8. The number of hydrogen-bond acceptors (Lipinski definition) is 1. The van der Waals surface area contributed by atoms with Crippen LogP contribution < -0.4 is 21.3 Å². The third-order valence-electron chi connectivity index (χ3n) is 24.2. The zero-order chi connectivity index (χ0) is 67.1. The topological polar surface area (TPSA) is 3.24 Å². The summed E-state index contributed by atoms with van der Waals surface area (Å²) in [5.74, 6) is -0.207. The highest BCUT2D eigenvalue weighted by Crippen LogP contribution is 2.56. The van der Waals surface area contributed by atoms with Gasteiger partial charge in [0.1, 0.15) is 0 Å². The number of nitrogens with zero attached hydrogens (tertiary/aromatic N) is 1. The second-order valence-electron chi connectivity index (χ2n) is 35.8. The van der Waals surface area contributed by atoms with Gasteiger partial charge in [-0.05, 0) is 217 Å².